The van der Waals surface area contributed by atoms with Gasteiger partial charge in [-0.05, 0) is 50.2 Å². The van der Waals surface area contributed by atoms with Gasteiger partial charge in [0.15, 0.2) is 0 Å². The van der Waals surface area contributed by atoms with Crippen LogP contribution in [0.25, 0.3) is 0 Å². The van der Waals surface area contributed by atoms with Gasteiger partial charge in [0.25, 0.3) is 0 Å². The molecule has 2 aromatic rings. The van der Waals surface area contributed by atoms with Crippen LogP contribution >= 0.6 is 0 Å². The second-order valence-electron chi connectivity index (χ2n) is 12.6. The largest absolute Gasteiger partial charge is 0.444 e. The first-order valence-electron chi connectivity index (χ1n) is 14.3. The van der Waals surface area contributed by atoms with Crippen molar-refractivity contribution < 1.29 is 29.3 Å². The summed E-state index contributed by atoms with van der Waals surface area (Å²) in [5.41, 5.74) is 0.604. The van der Waals surface area contributed by atoms with E-state index in [0.29, 0.717) is 19.3 Å². The van der Waals surface area contributed by atoms with Crippen molar-refractivity contribution in [2.45, 2.75) is 90.3 Å². The van der Waals surface area contributed by atoms with Crippen molar-refractivity contribution in [3.05, 3.63) is 71.8 Å². The fourth-order valence-corrected chi connectivity index (χ4v) is 4.48. The molecule has 2 aromatic carbocycles. The molecule has 0 saturated heterocycles. The smallest absolute Gasteiger partial charge is 0.407 e. The van der Waals surface area contributed by atoms with Crippen molar-refractivity contribution in [3.63, 3.8) is 0 Å². The molecule has 0 bridgehead atoms. The Bertz CT molecular complexity index is 1100. The highest BCUT2D eigenvalue weighted by Gasteiger charge is 2.33. The first-order valence-corrected chi connectivity index (χ1v) is 14.3. The van der Waals surface area contributed by atoms with Gasteiger partial charge in [-0.15, -0.1) is 0 Å². The molecule has 0 aliphatic heterocycles. The molecular formula is C32H48N4O6. The van der Waals surface area contributed by atoms with Crippen LogP contribution < -0.4 is 21.3 Å². The molecule has 0 aliphatic rings. The van der Waals surface area contributed by atoms with Crippen LogP contribution in [-0.4, -0.2) is 77.6 Å². The molecule has 0 spiro atoms. The third-order valence-electron chi connectivity index (χ3n) is 6.63. The topological polar surface area (TPSA) is 149 Å². The minimum Gasteiger partial charge on any atom is -0.444 e. The summed E-state index contributed by atoms with van der Waals surface area (Å²) < 4.78 is 5.40. The van der Waals surface area contributed by atoms with Gasteiger partial charge in [0.05, 0.1) is 24.3 Å². The molecule has 232 valence electrons. The molecule has 0 aliphatic carbocycles. The van der Waals surface area contributed by atoms with Gasteiger partial charge in [0.1, 0.15) is 11.6 Å². The normalized spacial score (nSPS) is 15.4. The summed E-state index contributed by atoms with van der Waals surface area (Å²) in [6.07, 6.45) is -1.44. The van der Waals surface area contributed by atoms with E-state index in [1.54, 1.807) is 20.8 Å². The zero-order valence-electron chi connectivity index (χ0n) is 25.6. The monoisotopic (exact) mass is 584 g/mol. The van der Waals surface area contributed by atoms with E-state index >= 15 is 0 Å². The van der Waals surface area contributed by atoms with Gasteiger partial charge in [0.2, 0.25) is 12.3 Å². The number of hydrogen-bond acceptors (Lipinski definition) is 7. The van der Waals surface area contributed by atoms with Crippen LogP contribution in [0.2, 0.25) is 0 Å². The van der Waals surface area contributed by atoms with E-state index < -0.39 is 53.3 Å². The van der Waals surface area contributed by atoms with Gasteiger partial charge in [-0.25, -0.2) is 4.79 Å². The number of alkyl carbamates (subject to hydrolysis) is 1. The lowest BCUT2D eigenvalue weighted by Gasteiger charge is -2.32. The van der Waals surface area contributed by atoms with Crippen LogP contribution in [-0.2, 0) is 27.2 Å². The number of aliphatic hydroxyl groups is 2. The van der Waals surface area contributed by atoms with Gasteiger partial charge in [-0.2, -0.15) is 0 Å². The minimum absolute atomic E-state index is 0.0562. The minimum atomic E-state index is -1.02. The summed E-state index contributed by atoms with van der Waals surface area (Å²) >= 11 is 0. The number of hydrogen-bond donors (Lipinski definition) is 6. The fraction of sp³-hybridized carbons (Fsp3) is 0.531. The van der Waals surface area contributed by atoms with Crippen LogP contribution in [0.15, 0.2) is 60.7 Å². The second kappa shape index (κ2) is 16.2. The Kier molecular flexibility index (Phi) is 13.4. The highest BCUT2D eigenvalue weighted by Crippen LogP contribution is 2.20. The van der Waals surface area contributed by atoms with Crippen molar-refractivity contribution in [1.82, 2.24) is 21.3 Å². The van der Waals surface area contributed by atoms with Crippen LogP contribution in [0.1, 0.15) is 52.7 Å². The Morgan fingerprint density at radius 1 is 0.786 bits per heavy atom. The van der Waals surface area contributed by atoms with Crippen LogP contribution in [0, 0.1) is 5.41 Å². The number of carbonyl (C=O) groups is 3. The van der Waals surface area contributed by atoms with Gasteiger partial charge in [0, 0.05) is 13.1 Å². The molecular weight excluding hydrogens is 536 g/mol. The first-order chi connectivity index (χ1) is 19.7. The highest BCUT2D eigenvalue weighted by atomic mass is 16.6. The lowest BCUT2D eigenvalue weighted by Crippen LogP contribution is -2.57. The molecule has 0 unspecified atom stereocenters. The van der Waals surface area contributed by atoms with Crippen molar-refractivity contribution in [2.75, 3.05) is 13.1 Å². The summed E-state index contributed by atoms with van der Waals surface area (Å²) in [5.74, 6) is -0.404. The number of benzene rings is 2. The molecule has 5 atom stereocenters. The summed E-state index contributed by atoms with van der Waals surface area (Å²) in [6, 6.07) is 16.8. The molecule has 6 N–H and O–H groups in total. The number of amides is 3. The van der Waals surface area contributed by atoms with E-state index in [2.05, 4.69) is 21.3 Å². The summed E-state index contributed by atoms with van der Waals surface area (Å²) in [7, 11) is 0. The molecule has 0 radical (unpaired) electrons. The van der Waals surface area contributed by atoms with E-state index in [1.807, 2.05) is 81.4 Å². The van der Waals surface area contributed by atoms with E-state index in [4.69, 9.17) is 4.74 Å². The van der Waals surface area contributed by atoms with E-state index in [-0.39, 0.29) is 13.1 Å². The molecule has 10 nitrogen and oxygen atoms in total. The molecule has 0 aromatic heterocycles. The summed E-state index contributed by atoms with van der Waals surface area (Å²) in [4.78, 5) is 36.9. The lowest BCUT2D eigenvalue weighted by atomic mass is 9.86. The molecule has 0 heterocycles. The maximum absolute atomic E-state index is 13.2. The number of rotatable bonds is 15. The van der Waals surface area contributed by atoms with Crippen molar-refractivity contribution in [2.24, 2.45) is 5.41 Å². The SMILES string of the molecule is CC(C)(C)OC(=O)N[C@@H](Cc1ccccc1)[C@H](O)CNC[C@@H](O)[C@H](Cc1ccccc1)NC(=O)[C@@H](NC=O)C(C)(C)C. The fourth-order valence-electron chi connectivity index (χ4n) is 4.48. The zero-order chi connectivity index (χ0) is 31.3. The maximum Gasteiger partial charge on any atom is 0.407 e. The lowest BCUT2D eigenvalue weighted by molar-refractivity contribution is -0.129. The van der Waals surface area contributed by atoms with Gasteiger partial charge < -0.3 is 36.2 Å². The summed E-state index contributed by atoms with van der Waals surface area (Å²) in [5, 5.41) is 33.6. The molecule has 0 fully saturated rings. The Hall–Kier alpha value is -3.47. The third kappa shape index (κ3) is 12.6. The average Bonchev–Trinajstić information content (AvgIpc) is 2.90. The van der Waals surface area contributed by atoms with E-state index in [0.717, 1.165) is 11.1 Å². The molecule has 0 saturated carbocycles. The Balaban J connectivity index is 2.10. The number of nitrogens with one attached hydrogen (secondary N) is 4. The van der Waals surface area contributed by atoms with Crippen LogP contribution in [0.5, 0.6) is 0 Å². The standard InChI is InChI=1S/C32H48N4O6/c1-31(2,3)28(34-21-37)29(40)35-24(17-22-13-9-7-10-14-22)26(38)19-33-20-27(39)25(18-23-15-11-8-12-16-23)36-30(41)42-32(4,5)6/h7-16,21,24-28,33,38-39H,17-20H2,1-6H3,(H,34,37)(H,35,40)(H,36,41)/t24-,25-,26+,27+,28+/m0/s1. The van der Waals surface area contributed by atoms with Crippen molar-refractivity contribution in [3.8, 4) is 0 Å². The Morgan fingerprint density at radius 3 is 1.64 bits per heavy atom. The summed E-state index contributed by atoms with van der Waals surface area (Å²) in [6.45, 7) is 10.9. The van der Waals surface area contributed by atoms with Crippen LogP contribution in [0.4, 0.5) is 4.79 Å². The maximum atomic E-state index is 13.2. The van der Waals surface area contributed by atoms with Gasteiger partial charge >= 0.3 is 6.09 Å². The average molecular weight is 585 g/mol. The molecule has 42 heavy (non-hydrogen) atoms. The van der Waals surface area contributed by atoms with Crippen molar-refractivity contribution in [1.29, 1.82) is 0 Å². The van der Waals surface area contributed by atoms with Crippen molar-refractivity contribution >= 4 is 18.4 Å². The Morgan fingerprint density at radius 2 is 1.24 bits per heavy atom. The molecule has 10 heteroatoms. The second-order valence-corrected chi connectivity index (χ2v) is 12.6. The number of aliphatic hydroxyl groups excluding tert-OH is 2. The predicted octanol–water partition coefficient (Wildman–Crippen LogP) is 2.32. The predicted molar refractivity (Wildman–Crippen MR) is 163 cm³/mol. The third-order valence-corrected chi connectivity index (χ3v) is 6.63. The van der Waals surface area contributed by atoms with E-state index in [9.17, 15) is 24.6 Å². The zero-order valence-corrected chi connectivity index (χ0v) is 25.6. The van der Waals surface area contributed by atoms with Gasteiger partial charge in [-0.3, -0.25) is 9.59 Å². The number of ether oxygens (including phenoxy) is 1. The molecule has 2 rings (SSSR count). The quantitative estimate of drug-likeness (QED) is 0.176. The first kappa shape index (κ1) is 34.7. The molecule has 3 amide bonds. The van der Waals surface area contributed by atoms with E-state index in [1.165, 1.54) is 0 Å². The van der Waals surface area contributed by atoms with Crippen LogP contribution in [0.3, 0.4) is 0 Å². The number of carbonyl (C=O) groups excluding carboxylic acids is 3. The van der Waals surface area contributed by atoms with Gasteiger partial charge in [-0.1, -0.05) is 81.4 Å². The highest BCUT2D eigenvalue weighted by molar-refractivity contribution is 5.84. The Labute approximate surface area is 249 Å².